The molecule has 2 fully saturated rings. The van der Waals surface area contributed by atoms with Crippen molar-refractivity contribution in [2.24, 2.45) is 23.7 Å². The van der Waals surface area contributed by atoms with Crippen LogP contribution in [-0.4, -0.2) is 33.6 Å². The zero-order valence-electron chi connectivity index (χ0n) is 17.8. The number of fused-ring (bicyclic) bond motifs is 1. The number of hydrogen-bond acceptors (Lipinski definition) is 5. The highest BCUT2D eigenvalue weighted by atomic mass is 16.6. The molecule has 1 saturated heterocycles. The number of amides is 3. The molecule has 168 valence electrons. The maximum Gasteiger partial charge on any atom is 0.269 e. The summed E-state index contributed by atoms with van der Waals surface area (Å²) in [6, 6.07) is 13.7. The van der Waals surface area contributed by atoms with Crippen molar-refractivity contribution in [3.63, 3.8) is 0 Å². The quantitative estimate of drug-likeness (QED) is 0.317. The molecule has 3 amide bonds. The minimum absolute atomic E-state index is 0.0385. The average molecular weight is 445 g/mol. The molecule has 1 saturated carbocycles. The number of nitrogens with zero attached hydrogens (tertiary/aromatic N) is 2. The van der Waals surface area contributed by atoms with Gasteiger partial charge in [-0.1, -0.05) is 42.5 Å². The summed E-state index contributed by atoms with van der Waals surface area (Å²) in [5.41, 5.74) is 1.10. The number of nitro groups is 1. The summed E-state index contributed by atoms with van der Waals surface area (Å²) < 4.78 is 0. The van der Waals surface area contributed by atoms with Crippen molar-refractivity contribution in [2.75, 3.05) is 5.32 Å². The number of likely N-dealkylation sites (tertiary alicyclic amines) is 1. The van der Waals surface area contributed by atoms with Gasteiger partial charge in [0.05, 0.1) is 16.8 Å². The lowest BCUT2D eigenvalue weighted by atomic mass is 9.63. The Hall–Kier alpha value is -3.81. The van der Waals surface area contributed by atoms with Crippen LogP contribution in [0, 0.1) is 33.8 Å². The molecule has 1 aliphatic heterocycles. The molecule has 0 radical (unpaired) electrons. The van der Waals surface area contributed by atoms with Crippen LogP contribution in [0.5, 0.6) is 0 Å². The first-order valence-corrected chi connectivity index (χ1v) is 11.1. The van der Waals surface area contributed by atoms with Crippen molar-refractivity contribution in [1.29, 1.82) is 0 Å². The van der Waals surface area contributed by atoms with Crippen LogP contribution in [0.1, 0.15) is 18.4 Å². The summed E-state index contributed by atoms with van der Waals surface area (Å²) in [7, 11) is 0. The van der Waals surface area contributed by atoms with Gasteiger partial charge in [0.2, 0.25) is 17.7 Å². The number of nitro benzene ring substituents is 1. The highest BCUT2D eigenvalue weighted by Crippen LogP contribution is 2.50. The van der Waals surface area contributed by atoms with Crippen molar-refractivity contribution >= 4 is 29.1 Å². The predicted molar refractivity (Wildman–Crippen MR) is 120 cm³/mol. The molecule has 1 heterocycles. The van der Waals surface area contributed by atoms with E-state index in [1.807, 2.05) is 42.5 Å². The lowest BCUT2D eigenvalue weighted by molar-refractivity contribution is -0.384. The third-order valence-electron chi connectivity index (χ3n) is 7.03. The third-order valence-corrected chi connectivity index (χ3v) is 7.03. The number of imide groups is 1. The maximum absolute atomic E-state index is 13.5. The van der Waals surface area contributed by atoms with E-state index in [0.29, 0.717) is 5.69 Å². The van der Waals surface area contributed by atoms with Gasteiger partial charge in [0.25, 0.3) is 5.69 Å². The van der Waals surface area contributed by atoms with Crippen molar-refractivity contribution in [2.45, 2.75) is 25.3 Å². The van der Waals surface area contributed by atoms with Crippen LogP contribution in [0.25, 0.3) is 0 Å². The number of carbonyl (C=O) groups excluding carboxylic acids is 3. The topological polar surface area (TPSA) is 110 Å². The average Bonchev–Trinajstić information content (AvgIpc) is 3.11. The second kappa shape index (κ2) is 8.27. The molecule has 2 aromatic carbocycles. The van der Waals surface area contributed by atoms with Crippen molar-refractivity contribution in [1.82, 2.24) is 4.90 Å². The molecule has 8 heteroatoms. The predicted octanol–water partition coefficient (Wildman–Crippen LogP) is 3.34. The molecule has 5 unspecified atom stereocenters. The number of hydrogen-bond donors (Lipinski definition) is 1. The van der Waals surface area contributed by atoms with Crippen molar-refractivity contribution in [3.05, 3.63) is 82.4 Å². The molecule has 0 aromatic heterocycles. The fourth-order valence-corrected chi connectivity index (χ4v) is 5.44. The van der Waals surface area contributed by atoms with Gasteiger partial charge in [-0.25, -0.2) is 0 Å². The Morgan fingerprint density at radius 2 is 1.55 bits per heavy atom. The van der Waals surface area contributed by atoms with E-state index < -0.39 is 28.7 Å². The van der Waals surface area contributed by atoms with Gasteiger partial charge in [0.1, 0.15) is 6.04 Å². The van der Waals surface area contributed by atoms with E-state index in [1.54, 1.807) is 0 Å². The molecule has 6 rings (SSSR count). The fraction of sp³-hybridized carbons (Fsp3) is 0.320. The number of carbonyl (C=O) groups is 3. The van der Waals surface area contributed by atoms with E-state index in [9.17, 15) is 24.5 Å². The molecule has 1 N–H and O–H groups in total. The number of rotatable bonds is 6. The SMILES string of the molecule is O=C(Nc1ccc([N+](=O)[O-])cc1)C(Cc1ccccc1)N1C(=O)C2C3C=CC(CC3)C2C1=O. The molecule has 8 nitrogen and oxygen atoms in total. The number of non-ortho nitro benzene ring substituents is 1. The zero-order valence-corrected chi connectivity index (χ0v) is 17.8. The van der Waals surface area contributed by atoms with Crippen LogP contribution in [0.15, 0.2) is 66.7 Å². The van der Waals surface area contributed by atoms with Gasteiger partial charge < -0.3 is 5.32 Å². The second-order valence-electron chi connectivity index (χ2n) is 8.89. The Morgan fingerprint density at radius 3 is 2.06 bits per heavy atom. The van der Waals surface area contributed by atoms with Crippen LogP contribution in [0.2, 0.25) is 0 Å². The van der Waals surface area contributed by atoms with Gasteiger partial charge in [-0.15, -0.1) is 0 Å². The van der Waals surface area contributed by atoms with Crippen molar-refractivity contribution < 1.29 is 19.3 Å². The first-order chi connectivity index (χ1) is 15.9. The lowest BCUT2D eigenvalue weighted by Gasteiger charge is -2.38. The van der Waals surface area contributed by atoms with Gasteiger partial charge in [-0.2, -0.15) is 0 Å². The fourth-order valence-electron chi connectivity index (χ4n) is 5.44. The first-order valence-electron chi connectivity index (χ1n) is 11.1. The van der Waals surface area contributed by atoms with Gasteiger partial charge in [-0.3, -0.25) is 29.4 Å². The Morgan fingerprint density at radius 1 is 0.970 bits per heavy atom. The summed E-state index contributed by atoms with van der Waals surface area (Å²) in [5, 5.41) is 13.6. The van der Waals surface area contributed by atoms with Crippen LogP contribution in [0.3, 0.4) is 0 Å². The van der Waals surface area contributed by atoms with E-state index in [4.69, 9.17) is 0 Å². The first kappa shape index (κ1) is 21.1. The minimum atomic E-state index is -1.01. The monoisotopic (exact) mass is 445 g/mol. The number of anilines is 1. The molecule has 0 spiro atoms. The molecule has 4 aliphatic rings. The lowest BCUT2D eigenvalue weighted by Crippen LogP contribution is -2.49. The van der Waals surface area contributed by atoms with Gasteiger partial charge in [-0.05, 0) is 42.4 Å². The molecular weight excluding hydrogens is 422 g/mol. The third kappa shape index (κ3) is 3.71. The Kier molecular flexibility index (Phi) is 5.28. The summed E-state index contributed by atoms with van der Waals surface area (Å²) in [5.74, 6) is -1.76. The van der Waals surface area contributed by atoms with Gasteiger partial charge in [0.15, 0.2) is 0 Å². The van der Waals surface area contributed by atoms with E-state index in [2.05, 4.69) is 5.32 Å². The van der Waals surface area contributed by atoms with Gasteiger partial charge in [0, 0.05) is 24.2 Å². The largest absolute Gasteiger partial charge is 0.324 e. The smallest absolute Gasteiger partial charge is 0.269 e. The second-order valence-corrected chi connectivity index (χ2v) is 8.89. The Bertz CT molecular complexity index is 1110. The number of benzene rings is 2. The van der Waals surface area contributed by atoms with E-state index in [0.717, 1.165) is 18.4 Å². The van der Waals surface area contributed by atoms with Crippen LogP contribution in [-0.2, 0) is 20.8 Å². The van der Waals surface area contributed by atoms with Crippen molar-refractivity contribution in [3.8, 4) is 0 Å². The summed E-state index contributed by atoms with van der Waals surface area (Å²) >= 11 is 0. The molecule has 3 aliphatic carbocycles. The molecular formula is C25H23N3O5. The molecule has 5 atom stereocenters. The summed E-state index contributed by atoms with van der Waals surface area (Å²) in [4.78, 5) is 51.9. The zero-order chi connectivity index (χ0) is 23.1. The highest BCUT2D eigenvalue weighted by Gasteiger charge is 2.58. The van der Waals surface area contributed by atoms with Crippen LogP contribution >= 0.6 is 0 Å². The van der Waals surface area contributed by atoms with Crippen LogP contribution < -0.4 is 5.32 Å². The van der Waals surface area contributed by atoms with Crippen LogP contribution in [0.4, 0.5) is 11.4 Å². The Labute approximate surface area is 190 Å². The molecule has 2 aromatic rings. The van der Waals surface area contributed by atoms with Gasteiger partial charge >= 0.3 is 0 Å². The number of allylic oxidation sites excluding steroid dienone is 2. The maximum atomic E-state index is 13.5. The van der Waals surface area contributed by atoms with E-state index >= 15 is 0 Å². The normalized spacial score (nSPS) is 26.2. The summed E-state index contributed by atoms with van der Waals surface area (Å²) in [6.07, 6.45) is 6.06. The Balaban J connectivity index is 1.44. The summed E-state index contributed by atoms with van der Waals surface area (Å²) in [6.45, 7) is 0. The van der Waals surface area contributed by atoms with E-state index in [-0.39, 0.29) is 35.8 Å². The molecule has 33 heavy (non-hydrogen) atoms. The standard InChI is InChI=1S/C25H23N3O5/c29-23(26-18-10-12-19(13-11-18)28(32)33)20(14-15-4-2-1-3-5-15)27-24(30)21-16-6-7-17(9-8-16)22(21)25(27)31/h1-7,10-13,16-17,20-22H,8-9,14H2,(H,26,29). The highest BCUT2D eigenvalue weighted by molar-refractivity contribution is 6.10. The molecule has 2 bridgehead atoms. The number of nitrogens with one attached hydrogen (secondary N) is 1. The van der Waals surface area contributed by atoms with E-state index in [1.165, 1.54) is 29.2 Å². The minimum Gasteiger partial charge on any atom is -0.324 e.